The van der Waals surface area contributed by atoms with Crippen molar-refractivity contribution in [1.82, 2.24) is 10.3 Å². The maximum Gasteiger partial charge on any atom is 0.0315 e. The third-order valence-corrected chi connectivity index (χ3v) is 4.17. The highest BCUT2D eigenvalue weighted by Gasteiger charge is 2.03. The van der Waals surface area contributed by atoms with Crippen molar-refractivity contribution in [3.8, 4) is 0 Å². The van der Waals surface area contributed by atoms with E-state index >= 15 is 0 Å². The zero-order chi connectivity index (χ0) is 15.2. The van der Waals surface area contributed by atoms with Crippen molar-refractivity contribution in [3.63, 3.8) is 0 Å². The summed E-state index contributed by atoms with van der Waals surface area (Å²) in [6.07, 6.45) is 17.8. The van der Waals surface area contributed by atoms with Crippen molar-refractivity contribution in [2.45, 2.75) is 84.1 Å². The maximum atomic E-state index is 4.17. The van der Waals surface area contributed by atoms with Crippen molar-refractivity contribution in [2.75, 3.05) is 6.54 Å². The molecule has 0 amide bonds. The van der Waals surface area contributed by atoms with Crippen LogP contribution in [0, 0.1) is 0 Å². The lowest BCUT2D eigenvalue weighted by molar-refractivity contribution is 0.517. The highest BCUT2D eigenvalue weighted by atomic mass is 14.9. The number of aromatic nitrogens is 1. The van der Waals surface area contributed by atoms with Crippen LogP contribution in [-0.2, 0) is 0 Å². The van der Waals surface area contributed by atoms with Crippen molar-refractivity contribution < 1.29 is 0 Å². The average molecular weight is 290 g/mol. The van der Waals surface area contributed by atoms with Gasteiger partial charge in [0.15, 0.2) is 0 Å². The van der Waals surface area contributed by atoms with E-state index in [1.54, 1.807) is 0 Å². The molecule has 0 radical (unpaired) electrons. The summed E-state index contributed by atoms with van der Waals surface area (Å²) in [5.74, 6) is 0. The van der Waals surface area contributed by atoms with Crippen LogP contribution in [0.25, 0.3) is 0 Å². The maximum absolute atomic E-state index is 4.17. The minimum Gasteiger partial charge on any atom is -0.310 e. The molecular weight excluding hydrogens is 256 g/mol. The Morgan fingerprint density at radius 1 is 0.952 bits per heavy atom. The van der Waals surface area contributed by atoms with Gasteiger partial charge in [0.2, 0.25) is 0 Å². The first-order valence-corrected chi connectivity index (χ1v) is 8.98. The largest absolute Gasteiger partial charge is 0.310 e. The molecule has 0 aliphatic carbocycles. The Balaban J connectivity index is 1.86. The van der Waals surface area contributed by atoms with Gasteiger partial charge in [-0.2, -0.15) is 0 Å². The van der Waals surface area contributed by atoms with E-state index in [4.69, 9.17) is 0 Å². The number of unbranched alkanes of at least 4 members (excludes halogenated alkanes) is 9. The Labute approximate surface area is 131 Å². The Hall–Kier alpha value is -0.890. The molecule has 1 aromatic rings. The molecule has 2 heteroatoms. The van der Waals surface area contributed by atoms with Gasteiger partial charge in [-0.05, 0) is 31.5 Å². The molecule has 0 fully saturated rings. The molecule has 0 saturated heterocycles. The molecule has 0 aliphatic heterocycles. The molecule has 1 rings (SSSR count). The van der Waals surface area contributed by atoms with Crippen molar-refractivity contribution >= 4 is 0 Å². The molecular formula is C19H34N2. The van der Waals surface area contributed by atoms with Crippen LogP contribution < -0.4 is 5.32 Å². The fourth-order valence-corrected chi connectivity index (χ4v) is 2.68. The Kier molecular flexibility index (Phi) is 11.1. The number of nitrogens with one attached hydrogen (secondary N) is 1. The lowest BCUT2D eigenvalue weighted by atomic mass is 10.1. The second kappa shape index (κ2) is 12.8. The van der Waals surface area contributed by atoms with E-state index in [9.17, 15) is 0 Å². The topological polar surface area (TPSA) is 24.9 Å². The van der Waals surface area contributed by atoms with Crippen molar-refractivity contribution in [2.24, 2.45) is 0 Å². The quantitative estimate of drug-likeness (QED) is 0.475. The Morgan fingerprint density at radius 2 is 1.57 bits per heavy atom. The number of nitrogens with zero attached hydrogens (tertiary/aromatic N) is 1. The third-order valence-electron chi connectivity index (χ3n) is 4.17. The van der Waals surface area contributed by atoms with Crippen molar-refractivity contribution in [1.29, 1.82) is 0 Å². The second-order valence-electron chi connectivity index (χ2n) is 6.14. The molecule has 21 heavy (non-hydrogen) atoms. The van der Waals surface area contributed by atoms with Gasteiger partial charge in [-0.15, -0.1) is 0 Å². The van der Waals surface area contributed by atoms with Crippen LogP contribution in [0.4, 0.5) is 0 Å². The summed E-state index contributed by atoms with van der Waals surface area (Å²) in [5, 5.41) is 3.58. The molecule has 0 aliphatic rings. The van der Waals surface area contributed by atoms with Gasteiger partial charge in [-0.3, -0.25) is 4.98 Å². The number of rotatable bonds is 13. The monoisotopic (exact) mass is 290 g/mol. The molecule has 2 nitrogen and oxygen atoms in total. The summed E-state index contributed by atoms with van der Waals surface area (Å²) in [7, 11) is 0. The van der Waals surface area contributed by atoms with Crippen molar-refractivity contribution in [3.05, 3.63) is 30.1 Å². The van der Waals surface area contributed by atoms with Crippen LogP contribution in [0.15, 0.2) is 24.5 Å². The second-order valence-corrected chi connectivity index (χ2v) is 6.14. The summed E-state index contributed by atoms with van der Waals surface area (Å²) in [5.41, 5.74) is 1.28. The van der Waals surface area contributed by atoms with E-state index in [0.29, 0.717) is 6.04 Å². The van der Waals surface area contributed by atoms with Crippen LogP contribution in [0.1, 0.15) is 89.7 Å². The Morgan fingerprint density at radius 3 is 2.14 bits per heavy atom. The first kappa shape index (κ1) is 18.2. The molecule has 0 spiro atoms. The molecule has 1 N–H and O–H groups in total. The zero-order valence-electron chi connectivity index (χ0n) is 14.1. The van der Waals surface area contributed by atoms with E-state index in [-0.39, 0.29) is 0 Å². The van der Waals surface area contributed by atoms with Gasteiger partial charge in [0.25, 0.3) is 0 Å². The lowest BCUT2D eigenvalue weighted by Gasteiger charge is -2.13. The predicted molar refractivity (Wildman–Crippen MR) is 92.5 cm³/mol. The summed E-state index contributed by atoms with van der Waals surface area (Å²) < 4.78 is 0. The average Bonchev–Trinajstić information content (AvgIpc) is 2.53. The Bertz CT molecular complexity index is 324. The zero-order valence-corrected chi connectivity index (χ0v) is 14.1. The van der Waals surface area contributed by atoms with Crippen LogP contribution in [0.5, 0.6) is 0 Å². The first-order valence-electron chi connectivity index (χ1n) is 8.98. The van der Waals surface area contributed by atoms with Gasteiger partial charge >= 0.3 is 0 Å². The van der Waals surface area contributed by atoms with E-state index in [2.05, 4.69) is 30.2 Å². The van der Waals surface area contributed by atoms with Gasteiger partial charge in [0.05, 0.1) is 0 Å². The van der Waals surface area contributed by atoms with Crippen LogP contribution >= 0.6 is 0 Å². The van der Waals surface area contributed by atoms with E-state index < -0.39 is 0 Å². The highest BCUT2D eigenvalue weighted by Crippen LogP contribution is 2.12. The summed E-state index contributed by atoms with van der Waals surface area (Å²) >= 11 is 0. The molecule has 120 valence electrons. The van der Waals surface area contributed by atoms with Crippen LogP contribution in [-0.4, -0.2) is 11.5 Å². The molecule has 0 aromatic carbocycles. The highest BCUT2D eigenvalue weighted by molar-refractivity contribution is 5.12. The van der Waals surface area contributed by atoms with E-state index in [1.165, 1.54) is 69.8 Å². The minimum atomic E-state index is 0.414. The number of hydrogen-bond acceptors (Lipinski definition) is 2. The van der Waals surface area contributed by atoms with Crippen LogP contribution in [0.3, 0.4) is 0 Å². The first-order chi connectivity index (χ1) is 10.3. The molecule has 1 heterocycles. The molecule has 1 atom stereocenters. The van der Waals surface area contributed by atoms with Gasteiger partial charge < -0.3 is 5.32 Å². The summed E-state index contributed by atoms with van der Waals surface area (Å²) in [4.78, 5) is 4.17. The van der Waals surface area contributed by atoms with Gasteiger partial charge in [-0.25, -0.2) is 0 Å². The standard InChI is InChI=1S/C19H34N2/c1-3-4-5-6-7-8-9-10-11-12-16-21-18(2)19-14-13-15-20-17-19/h13-15,17-18,21H,3-12,16H2,1-2H3. The fraction of sp³-hybridized carbons (Fsp3) is 0.737. The van der Waals surface area contributed by atoms with Gasteiger partial charge in [0, 0.05) is 18.4 Å². The predicted octanol–water partition coefficient (Wildman–Crippen LogP) is 5.65. The normalized spacial score (nSPS) is 12.5. The summed E-state index contributed by atoms with van der Waals surface area (Å²) in [6, 6.07) is 4.56. The summed E-state index contributed by atoms with van der Waals surface area (Å²) in [6.45, 7) is 5.61. The lowest BCUT2D eigenvalue weighted by Crippen LogP contribution is -2.19. The minimum absolute atomic E-state index is 0.414. The molecule has 0 bridgehead atoms. The van der Waals surface area contributed by atoms with Crippen LogP contribution in [0.2, 0.25) is 0 Å². The smallest absolute Gasteiger partial charge is 0.0315 e. The third kappa shape index (κ3) is 9.62. The fourth-order valence-electron chi connectivity index (χ4n) is 2.68. The number of hydrogen-bond donors (Lipinski definition) is 1. The SMILES string of the molecule is CCCCCCCCCCCCNC(C)c1cccnc1. The molecule has 1 unspecified atom stereocenters. The molecule has 1 aromatic heterocycles. The molecule has 0 saturated carbocycles. The van der Waals surface area contributed by atoms with Gasteiger partial charge in [-0.1, -0.05) is 70.8 Å². The van der Waals surface area contributed by atoms with E-state index in [0.717, 1.165) is 6.54 Å². The number of pyridine rings is 1. The van der Waals surface area contributed by atoms with E-state index in [1.807, 2.05) is 18.5 Å². The van der Waals surface area contributed by atoms with Gasteiger partial charge in [0.1, 0.15) is 0 Å².